The summed E-state index contributed by atoms with van der Waals surface area (Å²) in [7, 11) is 0. The summed E-state index contributed by atoms with van der Waals surface area (Å²) in [6.45, 7) is 7.52. The standard InChI is InChI=1S/C13H26N4/c1-4-7-11(8-5-2)12(16-14)13-15-9-10-17(13)6-3/h9-12,16H,4-8,14H2,1-3H3. The minimum absolute atomic E-state index is 0.171. The van der Waals surface area contributed by atoms with Crippen molar-refractivity contribution in [3.05, 3.63) is 18.2 Å². The topological polar surface area (TPSA) is 55.9 Å². The number of nitrogens with one attached hydrogen (secondary N) is 1. The number of rotatable bonds is 8. The number of hydrogen-bond acceptors (Lipinski definition) is 3. The van der Waals surface area contributed by atoms with Gasteiger partial charge in [-0.25, -0.2) is 10.4 Å². The van der Waals surface area contributed by atoms with Crippen molar-refractivity contribution in [1.82, 2.24) is 15.0 Å². The molecule has 4 nitrogen and oxygen atoms in total. The minimum atomic E-state index is 0.171. The predicted octanol–water partition coefficient (Wildman–Crippen LogP) is 2.62. The summed E-state index contributed by atoms with van der Waals surface area (Å²) in [6, 6.07) is 0.171. The van der Waals surface area contributed by atoms with Gasteiger partial charge in [0.2, 0.25) is 0 Å². The molecule has 1 heterocycles. The van der Waals surface area contributed by atoms with Crippen molar-refractivity contribution in [3.8, 4) is 0 Å². The molecule has 0 bridgehead atoms. The summed E-state index contributed by atoms with van der Waals surface area (Å²) in [5.41, 5.74) is 2.97. The highest BCUT2D eigenvalue weighted by Crippen LogP contribution is 2.28. The molecule has 1 aromatic rings. The molecule has 98 valence electrons. The van der Waals surface area contributed by atoms with Crippen LogP contribution in [0.2, 0.25) is 0 Å². The molecule has 0 spiro atoms. The van der Waals surface area contributed by atoms with E-state index in [1.807, 2.05) is 12.4 Å². The quantitative estimate of drug-likeness (QED) is 0.540. The van der Waals surface area contributed by atoms with Crippen molar-refractivity contribution in [2.75, 3.05) is 0 Å². The Balaban J connectivity index is 2.87. The van der Waals surface area contributed by atoms with Gasteiger partial charge in [-0.1, -0.05) is 26.7 Å². The van der Waals surface area contributed by atoms with Gasteiger partial charge in [0.25, 0.3) is 0 Å². The zero-order chi connectivity index (χ0) is 12.7. The highest BCUT2D eigenvalue weighted by Gasteiger charge is 2.24. The lowest BCUT2D eigenvalue weighted by atomic mass is 9.90. The van der Waals surface area contributed by atoms with Crippen LogP contribution in [0.1, 0.15) is 58.3 Å². The molecule has 0 saturated carbocycles. The molecule has 0 radical (unpaired) electrons. The number of aryl methyl sites for hydroxylation is 1. The van der Waals surface area contributed by atoms with Crippen LogP contribution in [0.3, 0.4) is 0 Å². The van der Waals surface area contributed by atoms with E-state index in [1.54, 1.807) is 0 Å². The zero-order valence-corrected chi connectivity index (χ0v) is 11.3. The first kappa shape index (κ1) is 14.2. The number of nitrogens with two attached hydrogens (primary N) is 1. The molecule has 1 atom stereocenters. The van der Waals surface area contributed by atoms with Gasteiger partial charge >= 0.3 is 0 Å². The molecule has 4 heteroatoms. The van der Waals surface area contributed by atoms with Crippen molar-refractivity contribution < 1.29 is 0 Å². The zero-order valence-electron chi connectivity index (χ0n) is 11.3. The molecule has 3 N–H and O–H groups in total. The van der Waals surface area contributed by atoms with Crippen molar-refractivity contribution in [2.24, 2.45) is 11.8 Å². The van der Waals surface area contributed by atoms with Gasteiger partial charge < -0.3 is 4.57 Å². The Morgan fingerprint density at radius 1 is 1.29 bits per heavy atom. The van der Waals surface area contributed by atoms with E-state index in [0.29, 0.717) is 5.92 Å². The van der Waals surface area contributed by atoms with Crippen LogP contribution >= 0.6 is 0 Å². The van der Waals surface area contributed by atoms with E-state index < -0.39 is 0 Å². The van der Waals surface area contributed by atoms with E-state index in [-0.39, 0.29) is 6.04 Å². The highest BCUT2D eigenvalue weighted by atomic mass is 15.3. The molecule has 0 fully saturated rings. The summed E-state index contributed by atoms with van der Waals surface area (Å²) >= 11 is 0. The Hall–Kier alpha value is -0.870. The smallest absolute Gasteiger partial charge is 0.127 e. The van der Waals surface area contributed by atoms with Crippen molar-refractivity contribution in [2.45, 2.75) is 59.0 Å². The molecule has 0 aliphatic heterocycles. The number of aromatic nitrogens is 2. The first-order chi connectivity index (χ1) is 8.28. The molecule has 1 aromatic heterocycles. The van der Waals surface area contributed by atoms with Gasteiger partial charge in [0.1, 0.15) is 5.82 Å². The fourth-order valence-corrected chi connectivity index (χ4v) is 2.51. The summed E-state index contributed by atoms with van der Waals surface area (Å²) < 4.78 is 2.17. The van der Waals surface area contributed by atoms with Crippen LogP contribution < -0.4 is 11.3 Å². The lowest BCUT2D eigenvalue weighted by Gasteiger charge is -2.26. The third-order valence-electron chi connectivity index (χ3n) is 3.34. The van der Waals surface area contributed by atoms with Crippen LogP contribution in [0.25, 0.3) is 0 Å². The average molecular weight is 238 g/mol. The molecule has 0 saturated heterocycles. The third-order valence-corrected chi connectivity index (χ3v) is 3.34. The minimum Gasteiger partial charge on any atom is -0.334 e. The monoisotopic (exact) mass is 238 g/mol. The number of hydrogen-bond donors (Lipinski definition) is 2. The maximum absolute atomic E-state index is 5.75. The van der Waals surface area contributed by atoms with Gasteiger partial charge in [0.15, 0.2) is 0 Å². The fraction of sp³-hybridized carbons (Fsp3) is 0.769. The maximum atomic E-state index is 5.75. The molecular formula is C13H26N4. The van der Waals surface area contributed by atoms with Gasteiger partial charge in [-0.15, -0.1) is 0 Å². The molecule has 1 rings (SSSR count). The summed E-state index contributed by atoms with van der Waals surface area (Å²) in [4.78, 5) is 4.46. The second kappa shape index (κ2) is 7.45. The normalized spacial score (nSPS) is 13.2. The third kappa shape index (κ3) is 3.54. The van der Waals surface area contributed by atoms with Crippen LogP contribution in [0.5, 0.6) is 0 Å². The first-order valence-electron chi connectivity index (χ1n) is 6.75. The lowest BCUT2D eigenvalue weighted by molar-refractivity contribution is 0.301. The van der Waals surface area contributed by atoms with E-state index in [2.05, 4.69) is 35.7 Å². The molecule has 0 amide bonds. The van der Waals surface area contributed by atoms with Crippen LogP contribution in [0.15, 0.2) is 12.4 Å². The Morgan fingerprint density at radius 2 is 1.94 bits per heavy atom. The maximum Gasteiger partial charge on any atom is 0.127 e. The van der Waals surface area contributed by atoms with E-state index in [0.717, 1.165) is 12.4 Å². The van der Waals surface area contributed by atoms with Gasteiger partial charge in [-0.2, -0.15) is 0 Å². The van der Waals surface area contributed by atoms with E-state index in [9.17, 15) is 0 Å². The Bertz CT molecular complexity index is 302. The van der Waals surface area contributed by atoms with E-state index >= 15 is 0 Å². The first-order valence-corrected chi connectivity index (χ1v) is 6.75. The van der Waals surface area contributed by atoms with Gasteiger partial charge in [0.05, 0.1) is 6.04 Å². The largest absolute Gasteiger partial charge is 0.334 e. The molecule has 0 aromatic carbocycles. The van der Waals surface area contributed by atoms with Crippen LogP contribution in [-0.4, -0.2) is 9.55 Å². The fourth-order valence-electron chi connectivity index (χ4n) is 2.51. The molecule has 0 aliphatic rings. The summed E-state index contributed by atoms with van der Waals surface area (Å²) in [5.74, 6) is 7.39. The van der Waals surface area contributed by atoms with Gasteiger partial charge in [-0.05, 0) is 25.7 Å². The highest BCUT2D eigenvalue weighted by molar-refractivity contribution is 5.01. The molecule has 0 aliphatic carbocycles. The van der Waals surface area contributed by atoms with E-state index in [4.69, 9.17) is 5.84 Å². The van der Waals surface area contributed by atoms with E-state index in [1.165, 1.54) is 25.7 Å². The predicted molar refractivity (Wildman–Crippen MR) is 71.3 cm³/mol. The second-order valence-corrected chi connectivity index (χ2v) is 4.55. The van der Waals surface area contributed by atoms with Crippen LogP contribution in [-0.2, 0) is 6.54 Å². The molecule has 17 heavy (non-hydrogen) atoms. The molecular weight excluding hydrogens is 212 g/mol. The van der Waals surface area contributed by atoms with Gasteiger partial charge in [-0.3, -0.25) is 5.84 Å². The number of nitrogens with zero attached hydrogens (tertiary/aromatic N) is 2. The van der Waals surface area contributed by atoms with Crippen LogP contribution in [0.4, 0.5) is 0 Å². The summed E-state index contributed by atoms with van der Waals surface area (Å²) in [5, 5.41) is 0. The average Bonchev–Trinajstić information content (AvgIpc) is 2.79. The Kier molecular flexibility index (Phi) is 6.22. The lowest BCUT2D eigenvalue weighted by Crippen LogP contribution is -2.35. The summed E-state index contributed by atoms with van der Waals surface area (Å²) in [6.07, 6.45) is 8.65. The SMILES string of the molecule is CCCC(CCC)C(NN)c1nccn1CC. The Morgan fingerprint density at radius 3 is 2.41 bits per heavy atom. The van der Waals surface area contributed by atoms with Crippen molar-refractivity contribution in [1.29, 1.82) is 0 Å². The second-order valence-electron chi connectivity index (χ2n) is 4.55. The number of imidazole rings is 1. The number of hydrazine groups is 1. The van der Waals surface area contributed by atoms with Crippen molar-refractivity contribution in [3.63, 3.8) is 0 Å². The van der Waals surface area contributed by atoms with Crippen molar-refractivity contribution >= 4 is 0 Å². The molecule has 1 unspecified atom stereocenters. The van der Waals surface area contributed by atoms with Gasteiger partial charge in [0, 0.05) is 18.9 Å². The van der Waals surface area contributed by atoms with Crippen LogP contribution in [0, 0.1) is 5.92 Å². The Labute approximate surface area is 105 Å².